The lowest BCUT2D eigenvalue weighted by Crippen LogP contribution is -2.07. The first-order chi connectivity index (χ1) is 14.5. The molecular weight excluding hydrogens is 445 g/mol. The normalized spacial score (nSPS) is 10.9. The first kappa shape index (κ1) is 22.1. The smallest absolute Gasteiger partial charge is 0.250 e. The third-order valence-corrected chi connectivity index (χ3v) is 5.74. The van der Waals surface area contributed by atoms with Gasteiger partial charge in [0.15, 0.2) is 11.5 Å². The third kappa shape index (κ3) is 5.72. The number of carbonyl (C=O) groups is 1. The van der Waals surface area contributed by atoms with E-state index in [-0.39, 0.29) is 12.5 Å². The molecule has 2 aromatic carbocycles. The quantitative estimate of drug-likeness (QED) is 0.437. The van der Waals surface area contributed by atoms with E-state index in [0.717, 1.165) is 17.0 Å². The molecule has 0 atom stereocenters. The molecule has 1 amide bonds. The van der Waals surface area contributed by atoms with Gasteiger partial charge in [-0.2, -0.15) is 0 Å². The van der Waals surface area contributed by atoms with Gasteiger partial charge in [0.25, 0.3) is 0 Å². The van der Waals surface area contributed by atoms with Crippen LogP contribution in [0.15, 0.2) is 42.5 Å². The number of halogens is 2. The molecule has 156 valence electrons. The molecule has 0 spiro atoms. The molecule has 0 aliphatic rings. The van der Waals surface area contributed by atoms with Crippen LogP contribution in [0.3, 0.4) is 0 Å². The zero-order chi connectivity index (χ0) is 21.5. The Hall–Kier alpha value is -2.61. The number of benzene rings is 2. The maximum absolute atomic E-state index is 12.1. The van der Waals surface area contributed by atoms with Crippen LogP contribution in [0.4, 0.5) is 5.13 Å². The van der Waals surface area contributed by atoms with Crippen LogP contribution in [0.5, 0.6) is 11.5 Å². The van der Waals surface area contributed by atoms with Crippen molar-refractivity contribution < 1.29 is 14.3 Å². The van der Waals surface area contributed by atoms with E-state index in [0.29, 0.717) is 32.2 Å². The van der Waals surface area contributed by atoms with Gasteiger partial charge in [-0.3, -0.25) is 10.1 Å². The second-order valence-electron chi connectivity index (χ2n) is 6.08. The van der Waals surface area contributed by atoms with Crippen LogP contribution in [0.2, 0.25) is 10.0 Å². The van der Waals surface area contributed by atoms with E-state index in [1.807, 2.05) is 13.0 Å². The minimum atomic E-state index is -0.290. The van der Waals surface area contributed by atoms with Crippen LogP contribution in [-0.4, -0.2) is 23.2 Å². The molecule has 0 saturated heterocycles. The zero-order valence-electron chi connectivity index (χ0n) is 16.3. The molecule has 0 saturated carbocycles. The molecule has 0 bridgehead atoms. The molecule has 0 unspecified atom stereocenters. The van der Waals surface area contributed by atoms with Gasteiger partial charge in [-0.05, 0) is 42.3 Å². The first-order valence-electron chi connectivity index (χ1n) is 9.05. The van der Waals surface area contributed by atoms with Crippen molar-refractivity contribution >= 4 is 51.7 Å². The van der Waals surface area contributed by atoms with E-state index in [9.17, 15) is 4.79 Å². The van der Waals surface area contributed by atoms with Gasteiger partial charge in [-0.1, -0.05) is 53.6 Å². The first-order valence-corrected chi connectivity index (χ1v) is 10.6. The van der Waals surface area contributed by atoms with Crippen molar-refractivity contribution in [1.29, 1.82) is 0 Å². The van der Waals surface area contributed by atoms with Gasteiger partial charge in [0.05, 0.1) is 7.11 Å². The summed E-state index contributed by atoms with van der Waals surface area (Å²) in [7, 11) is 1.55. The summed E-state index contributed by atoms with van der Waals surface area (Å²) in [6.45, 7) is 2.18. The highest BCUT2D eigenvalue weighted by molar-refractivity contribution is 7.15. The van der Waals surface area contributed by atoms with E-state index >= 15 is 0 Å². The fraction of sp³-hybridized carbons (Fsp3) is 0.190. The number of aromatic nitrogens is 2. The summed E-state index contributed by atoms with van der Waals surface area (Å²) in [5, 5.41) is 13.0. The maximum atomic E-state index is 12.1. The fourth-order valence-electron chi connectivity index (χ4n) is 2.49. The minimum Gasteiger partial charge on any atom is -0.493 e. The molecule has 3 rings (SSSR count). The van der Waals surface area contributed by atoms with Gasteiger partial charge >= 0.3 is 0 Å². The average Bonchev–Trinajstić information content (AvgIpc) is 3.19. The number of ether oxygens (including phenoxy) is 2. The summed E-state index contributed by atoms with van der Waals surface area (Å²) in [6.07, 6.45) is 3.88. The Balaban J connectivity index is 1.65. The molecule has 0 aliphatic carbocycles. The Kier molecular flexibility index (Phi) is 7.68. The van der Waals surface area contributed by atoms with Gasteiger partial charge in [-0.15, -0.1) is 10.2 Å². The van der Waals surface area contributed by atoms with E-state index in [1.54, 1.807) is 43.5 Å². The molecule has 1 N–H and O–H groups in total. The molecule has 0 fully saturated rings. The Morgan fingerprint density at radius 2 is 1.93 bits per heavy atom. The van der Waals surface area contributed by atoms with E-state index in [4.69, 9.17) is 32.7 Å². The number of carbonyl (C=O) groups excluding carboxylic acids is 1. The van der Waals surface area contributed by atoms with Gasteiger partial charge in [-0.25, -0.2) is 0 Å². The minimum absolute atomic E-state index is 0.202. The summed E-state index contributed by atoms with van der Waals surface area (Å²) >= 11 is 13.7. The van der Waals surface area contributed by atoms with Crippen molar-refractivity contribution in [2.24, 2.45) is 0 Å². The van der Waals surface area contributed by atoms with Crippen molar-refractivity contribution in [2.45, 2.75) is 20.0 Å². The lowest BCUT2D eigenvalue weighted by Gasteiger charge is -2.13. The number of nitrogens with zero attached hydrogens (tertiary/aromatic N) is 2. The number of rotatable bonds is 8. The zero-order valence-corrected chi connectivity index (χ0v) is 18.6. The number of hydrogen-bond acceptors (Lipinski definition) is 6. The van der Waals surface area contributed by atoms with Crippen LogP contribution in [0.25, 0.3) is 6.08 Å². The molecule has 30 heavy (non-hydrogen) atoms. The molecule has 0 aliphatic heterocycles. The summed E-state index contributed by atoms with van der Waals surface area (Å²) in [6, 6.07) is 10.6. The van der Waals surface area contributed by atoms with Crippen molar-refractivity contribution in [3.8, 4) is 11.5 Å². The fourth-order valence-corrected chi connectivity index (χ4v) is 3.68. The van der Waals surface area contributed by atoms with Gasteiger partial charge in [0.2, 0.25) is 11.0 Å². The van der Waals surface area contributed by atoms with Crippen LogP contribution < -0.4 is 14.8 Å². The van der Waals surface area contributed by atoms with Crippen LogP contribution in [0.1, 0.15) is 23.1 Å². The number of nitrogens with one attached hydrogen (secondary N) is 1. The van der Waals surface area contributed by atoms with E-state index in [2.05, 4.69) is 15.5 Å². The largest absolute Gasteiger partial charge is 0.493 e. The molecule has 1 aromatic heterocycles. The predicted molar refractivity (Wildman–Crippen MR) is 121 cm³/mol. The van der Waals surface area contributed by atoms with Gasteiger partial charge in [0, 0.05) is 21.7 Å². The van der Waals surface area contributed by atoms with Crippen LogP contribution in [0, 0.1) is 0 Å². The lowest BCUT2D eigenvalue weighted by atomic mass is 10.2. The Bertz CT molecular complexity index is 1050. The molecule has 6 nitrogen and oxygen atoms in total. The second kappa shape index (κ2) is 10.4. The highest BCUT2D eigenvalue weighted by Crippen LogP contribution is 2.31. The van der Waals surface area contributed by atoms with Crippen LogP contribution >= 0.6 is 34.5 Å². The number of methoxy groups -OCH3 is 1. The molecule has 0 radical (unpaired) electrons. The van der Waals surface area contributed by atoms with Crippen LogP contribution in [-0.2, 0) is 17.8 Å². The SMILES string of the molecule is CCc1nnc(NC(=O)/C=C/c2ccc(OCc3c(Cl)cccc3Cl)c(OC)c2)s1. The number of hydrogen-bond donors (Lipinski definition) is 1. The van der Waals surface area contributed by atoms with Crippen molar-refractivity contribution in [3.63, 3.8) is 0 Å². The van der Waals surface area contributed by atoms with Gasteiger partial charge in [0.1, 0.15) is 11.6 Å². The predicted octanol–water partition coefficient (Wildman–Crippen LogP) is 5.65. The lowest BCUT2D eigenvalue weighted by molar-refractivity contribution is -0.111. The maximum Gasteiger partial charge on any atom is 0.250 e. The van der Waals surface area contributed by atoms with Crippen molar-refractivity contribution in [2.75, 3.05) is 12.4 Å². The second-order valence-corrected chi connectivity index (χ2v) is 7.95. The summed E-state index contributed by atoms with van der Waals surface area (Å²) in [5.74, 6) is 0.773. The molecular formula is C21H19Cl2N3O3S. The Morgan fingerprint density at radius 1 is 1.17 bits per heavy atom. The van der Waals surface area contributed by atoms with Crippen molar-refractivity contribution in [3.05, 3.63) is 68.7 Å². The number of anilines is 1. The number of amides is 1. The summed E-state index contributed by atoms with van der Waals surface area (Å²) in [5.41, 5.74) is 1.48. The standard InChI is InChI=1S/C21H19Cl2N3O3S/c1-3-20-25-26-21(30-20)24-19(27)10-8-13-7-9-17(18(11-13)28-2)29-12-14-15(22)5-4-6-16(14)23/h4-11H,3,12H2,1-2H3,(H,24,26,27)/b10-8+. The third-order valence-electron chi connectivity index (χ3n) is 4.05. The number of aryl methyl sites for hydroxylation is 1. The Morgan fingerprint density at radius 3 is 2.60 bits per heavy atom. The highest BCUT2D eigenvalue weighted by Gasteiger charge is 2.10. The average molecular weight is 464 g/mol. The van der Waals surface area contributed by atoms with Crippen molar-refractivity contribution in [1.82, 2.24) is 10.2 Å². The van der Waals surface area contributed by atoms with Gasteiger partial charge < -0.3 is 9.47 Å². The van der Waals surface area contributed by atoms with E-state index < -0.39 is 0 Å². The molecule has 1 heterocycles. The highest BCUT2D eigenvalue weighted by atomic mass is 35.5. The molecule has 9 heteroatoms. The molecule has 3 aromatic rings. The summed E-state index contributed by atoms with van der Waals surface area (Å²) < 4.78 is 11.2. The summed E-state index contributed by atoms with van der Waals surface area (Å²) in [4.78, 5) is 12.1. The Labute approximate surface area is 188 Å². The monoisotopic (exact) mass is 463 g/mol. The topological polar surface area (TPSA) is 73.3 Å². The van der Waals surface area contributed by atoms with E-state index in [1.165, 1.54) is 17.4 Å².